The van der Waals surface area contributed by atoms with E-state index < -0.39 is 88.4 Å². The minimum atomic E-state index is -5.99. The van der Waals surface area contributed by atoms with Crippen molar-refractivity contribution in [1.29, 1.82) is 0 Å². The second-order valence-electron chi connectivity index (χ2n) is 7.20. The van der Waals surface area contributed by atoms with Gasteiger partial charge in [-0.25, -0.2) is 9.11 Å². The molecule has 2 unspecified atom stereocenters. The summed E-state index contributed by atoms with van der Waals surface area (Å²) in [5.41, 5.74) is -1.33. The zero-order valence-corrected chi connectivity index (χ0v) is 29.2. The number of carboxylic acids is 1. The number of aromatic amines is 1. The Morgan fingerprint density at radius 1 is 1.12 bits per heavy atom. The van der Waals surface area contributed by atoms with Crippen LogP contribution < -0.4 is 115 Å². The Hall–Kier alpha value is 0.800. The molecule has 1 aliphatic heterocycles. The first-order valence-corrected chi connectivity index (χ1v) is 12.7. The number of rotatable bonds is 11. The van der Waals surface area contributed by atoms with Crippen LogP contribution in [0.2, 0.25) is 0 Å². The third-order valence-corrected chi connectivity index (χ3v) is 6.58. The number of aromatic nitrogens is 2. The first kappa shape index (κ1) is 46.2. The summed E-state index contributed by atoms with van der Waals surface area (Å²) in [7, 11) is -11.9. The van der Waals surface area contributed by atoms with E-state index in [4.69, 9.17) is 24.9 Å². The predicted octanol–water partition coefficient (Wildman–Crippen LogP) is -17.5. The number of nitrogens with zero attached hydrogens (tertiary/aromatic N) is 1. The molecule has 41 heavy (non-hydrogen) atoms. The van der Waals surface area contributed by atoms with Crippen LogP contribution in [-0.4, -0.2) is 107 Å². The van der Waals surface area contributed by atoms with Crippen molar-refractivity contribution in [3.63, 3.8) is 0 Å². The van der Waals surface area contributed by atoms with Crippen molar-refractivity contribution in [2.24, 2.45) is 0 Å². The summed E-state index contributed by atoms with van der Waals surface area (Å²) in [4.78, 5) is 74.4. The maximum Gasteiger partial charge on any atom is 1.00 e. The van der Waals surface area contributed by atoms with E-state index in [9.17, 15) is 58.5 Å². The van der Waals surface area contributed by atoms with Crippen LogP contribution in [0.3, 0.4) is 0 Å². The SMILES string of the molecule is O=C[C@H](O)[C@@H](O)[C@H](O)[C@H](OP(=O)([O-])OP(=O)([O-])O)C(=O)[O-].O=c1ccn([C@@H]2O[C@H](CO)[C@@H](O)[C@H]2O)c(=O)[nH]1.[Na+].[Na+].[Na+]. The van der Waals surface area contributed by atoms with E-state index in [1.807, 2.05) is 4.98 Å². The van der Waals surface area contributed by atoms with Gasteiger partial charge in [0.15, 0.2) is 12.5 Å². The average molecular weight is 664 g/mol. The standard InChI is InChI=1S/C9H12N2O6.C6H12O13P2.3Na/c12-3-4-6(14)7(15)8(17-4)11-2-1-5(13)10-9(11)16;7-1-2(8)3(9)4(10)5(6(11)12)18-21(16,17)19-20(13,14)15;;;/h1-2,4,6-8,12,14-15H,3H2,(H,10,13,16);1-5,8-10H,(H,11,12)(H,16,17)(H2,13,14,15);;;/q;;3*+1/p-3/t4-,6-,7-,8-;2-,3+,4-,5-;;;/m10.../s1. The minimum absolute atomic E-state index is 0. The molecule has 2 heterocycles. The molecule has 1 saturated heterocycles. The first-order valence-electron chi connectivity index (χ1n) is 9.74. The number of aldehydes is 1. The van der Waals surface area contributed by atoms with Gasteiger partial charge in [-0.1, -0.05) is 0 Å². The third-order valence-electron chi connectivity index (χ3n) is 4.47. The second kappa shape index (κ2) is 20.0. The summed E-state index contributed by atoms with van der Waals surface area (Å²) in [6.45, 7) is -0.479. The van der Waals surface area contributed by atoms with E-state index in [0.29, 0.717) is 0 Å². The molecule has 1 fully saturated rings. The molecule has 2 rings (SSSR count). The molecule has 10 atom stereocenters. The fraction of sp³-hybridized carbons (Fsp3) is 0.600. The Labute approximate surface area is 294 Å². The fourth-order valence-electron chi connectivity index (χ4n) is 2.73. The first-order chi connectivity index (χ1) is 17.3. The van der Waals surface area contributed by atoms with Crippen LogP contribution in [0.5, 0.6) is 0 Å². The number of carboxylic acid groups (broad SMARTS) is 1. The quantitative estimate of drug-likeness (QED) is 0.0618. The van der Waals surface area contributed by atoms with Gasteiger partial charge in [-0.2, -0.15) is 0 Å². The molecule has 0 aromatic carbocycles. The Bertz CT molecular complexity index is 1180. The summed E-state index contributed by atoms with van der Waals surface area (Å²) < 4.78 is 33.9. The summed E-state index contributed by atoms with van der Waals surface area (Å²) in [5, 5.41) is 65.9. The largest absolute Gasteiger partial charge is 1.00 e. The van der Waals surface area contributed by atoms with Crippen molar-refractivity contribution in [2.45, 2.75) is 49.0 Å². The molecule has 1 aromatic heterocycles. The summed E-state index contributed by atoms with van der Waals surface area (Å²) in [5.74, 6) is -2.46. The average Bonchev–Trinajstić information content (AvgIpc) is 3.08. The number of carbonyl (C=O) groups excluding carboxylic acids is 2. The van der Waals surface area contributed by atoms with Crippen LogP contribution in [0.1, 0.15) is 6.23 Å². The van der Waals surface area contributed by atoms with Gasteiger partial charge in [-0.15, -0.1) is 0 Å². The molecule has 0 spiro atoms. The maximum absolute atomic E-state index is 11.4. The monoisotopic (exact) mass is 664 g/mol. The fourth-order valence-corrected chi connectivity index (χ4v) is 4.38. The van der Waals surface area contributed by atoms with E-state index in [1.165, 1.54) is 0 Å². The van der Waals surface area contributed by atoms with E-state index in [0.717, 1.165) is 16.8 Å². The van der Waals surface area contributed by atoms with Gasteiger partial charge in [0.2, 0.25) is 0 Å². The van der Waals surface area contributed by atoms with Crippen LogP contribution in [0.4, 0.5) is 0 Å². The van der Waals surface area contributed by atoms with Crippen molar-refractivity contribution < 1.29 is 171 Å². The summed E-state index contributed by atoms with van der Waals surface area (Å²) in [6.07, 6.45) is -14.4. The van der Waals surface area contributed by atoms with E-state index in [1.54, 1.807) is 0 Å². The van der Waals surface area contributed by atoms with Crippen LogP contribution in [0, 0.1) is 0 Å². The number of phosphoric ester groups is 1. The number of carbonyl (C=O) groups is 2. The van der Waals surface area contributed by atoms with E-state index in [2.05, 4.69) is 8.83 Å². The van der Waals surface area contributed by atoms with Gasteiger partial charge in [0.25, 0.3) is 21.2 Å². The molecule has 0 saturated carbocycles. The summed E-state index contributed by atoms with van der Waals surface area (Å²) in [6, 6.07) is 1.09. The van der Waals surface area contributed by atoms with Gasteiger partial charge in [0, 0.05) is 12.3 Å². The van der Waals surface area contributed by atoms with Gasteiger partial charge >= 0.3 is 94.4 Å². The number of H-pyrrole nitrogens is 1. The van der Waals surface area contributed by atoms with Crippen LogP contribution in [-0.2, 0) is 32.3 Å². The molecule has 8 N–H and O–H groups in total. The number of aliphatic carboxylic acids is 1. The molecule has 0 amide bonds. The Morgan fingerprint density at radius 2 is 1.66 bits per heavy atom. The van der Waals surface area contributed by atoms with Crippen molar-refractivity contribution in [3.05, 3.63) is 33.1 Å². The Balaban J connectivity index is -0.000000665. The van der Waals surface area contributed by atoms with Gasteiger partial charge in [0.05, 0.1) is 12.6 Å². The summed E-state index contributed by atoms with van der Waals surface area (Å²) >= 11 is 0. The van der Waals surface area contributed by atoms with Crippen molar-refractivity contribution >= 4 is 27.9 Å². The van der Waals surface area contributed by atoms with Crippen LogP contribution >= 0.6 is 15.6 Å². The topological polar surface area (TPSA) is 362 Å². The van der Waals surface area contributed by atoms with Gasteiger partial charge in [-0.05, 0) is 0 Å². The number of hydrogen-bond acceptors (Lipinski definition) is 18. The number of phosphoric acid groups is 2. The van der Waals surface area contributed by atoms with Crippen molar-refractivity contribution in [3.8, 4) is 0 Å². The van der Waals surface area contributed by atoms with E-state index >= 15 is 0 Å². The van der Waals surface area contributed by atoms with Gasteiger partial charge in [-0.3, -0.25) is 23.5 Å². The van der Waals surface area contributed by atoms with Crippen molar-refractivity contribution in [1.82, 2.24) is 9.55 Å². The molecule has 218 valence electrons. The van der Waals surface area contributed by atoms with Crippen LogP contribution in [0.15, 0.2) is 21.9 Å². The second-order valence-corrected chi connectivity index (χ2v) is 9.89. The minimum Gasteiger partial charge on any atom is -0.756 e. The zero-order valence-electron chi connectivity index (χ0n) is 21.4. The molecule has 1 aromatic rings. The molecule has 26 heteroatoms. The third kappa shape index (κ3) is 14.6. The molecule has 0 bridgehead atoms. The molecule has 0 radical (unpaired) electrons. The molecule has 1 aliphatic rings. The predicted molar refractivity (Wildman–Crippen MR) is 107 cm³/mol. The smallest absolute Gasteiger partial charge is 0.756 e. The molecule has 0 aliphatic carbocycles. The number of hydrogen-bond donors (Lipinski definition) is 8. The number of nitrogens with one attached hydrogen (secondary N) is 1. The maximum atomic E-state index is 11.4. The Morgan fingerprint density at radius 3 is 2.05 bits per heavy atom. The van der Waals surface area contributed by atoms with E-state index in [-0.39, 0.29) is 95.0 Å². The Kier molecular flexibility index (Phi) is 22.6. The van der Waals surface area contributed by atoms with Crippen LogP contribution in [0.25, 0.3) is 0 Å². The van der Waals surface area contributed by atoms with Gasteiger partial charge < -0.3 is 69.3 Å². The number of aliphatic hydroxyl groups is 6. The zero-order chi connectivity index (χ0) is 29.6. The van der Waals surface area contributed by atoms with Gasteiger partial charge in [0.1, 0.15) is 42.7 Å². The molecular weight excluding hydrogens is 643 g/mol. The molecular formula is C15H21N2Na3O19P2. The number of ether oxygens (including phenoxy) is 1. The molecule has 21 nitrogen and oxygen atoms in total. The van der Waals surface area contributed by atoms with Crippen molar-refractivity contribution in [2.75, 3.05) is 6.61 Å². The number of aliphatic hydroxyl groups excluding tert-OH is 6. The normalized spacial score (nSPS) is 25.5.